The van der Waals surface area contributed by atoms with Gasteiger partial charge in [0.2, 0.25) is 0 Å². The van der Waals surface area contributed by atoms with Crippen LogP contribution in [0.1, 0.15) is 16.7 Å². The Morgan fingerprint density at radius 2 is 2.37 bits per heavy atom. The van der Waals surface area contributed by atoms with Gasteiger partial charge in [0.05, 0.1) is 6.54 Å². The number of amides is 2. The number of carboxylic acid groups (broad SMARTS) is 1. The van der Waals surface area contributed by atoms with Crippen molar-refractivity contribution in [3.8, 4) is 0 Å². The largest absolute Gasteiger partial charge is 0.479 e. The predicted octanol–water partition coefficient (Wildman–Crippen LogP) is -0.114. The topological polar surface area (TPSA) is 133 Å². The molecule has 2 rings (SSSR count). The smallest absolute Gasteiger partial charge is 0.331 e. The van der Waals surface area contributed by atoms with E-state index in [2.05, 4.69) is 31.3 Å². The highest BCUT2D eigenvalue weighted by Gasteiger charge is 2.22. The Morgan fingerprint density at radius 3 is 2.95 bits per heavy atom. The summed E-state index contributed by atoms with van der Waals surface area (Å²) in [7, 11) is 0. The normalized spacial score (nSPS) is 11.8. The summed E-state index contributed by atoms with van der Waals surface area (Å²) in [6, 6.07) is 1.66. The number of hydrogen-bond donors (Lipinski definition) is 4. The number of H-pyrrole nitrogens is 1. The number of hydrogen-bond acceptors (Lipinski definition) is 6. The molecule has 100 valence electrons. The number of carbonyl (C=O) groups excluding carboxylic acids is 1. The summed E-state index contributed by atoms with van der Waals surface area (Å²) in [5, 5.41) is 28.5. The fraction of sp³-hybridized carbons (Fsp3) is 0.222. The number of carboxylic acids is 1. The van der Waals surface area contributed by atoms with Crippen molar-refractivity contribution in [2.75, 3.05) is 0 Å². The van der Waals surface area contributed by atoms with Gasteiger partial charge in [-0.05, 0) is 11.4 Å². The van der Waals surface area contributed by atoms with Crippen LogP contribution in [0.15, 0.2) is 17.5 Å². The van der Waals surface area contributed by atoms with Gasteiger partial charge >= 0.3 is 12.0 Å². The molecular weight excluding hydrogens is 272 g/mol. The Labute approximate surface area is 111 Å². The lowest BCUT2D eigenvalue weighted by atomic mass is 10.2. The average Bonchev–Trinajstić information content (AvgIpc) is 3.05. The van der Waals surface area contributed by atoms with Crippen molar-refractivity contribution in [2.24, 2.45) is 0 Å². The van der Waals surface area contributed by atoms with Crippen LogP contribution in [0.4, 0.5) is 4.79 Å². The molecule has 0 saturated heterocycles. The highest BCUT2D eigenvalue weighted by molar-refractivity contribution is 7.10. The third kappa shape index (κ3) is 3.48. The standard InChI is InChI=1S/C9H10N6O3S/c16-8(17)7(5-2-1-3-19-5)11-9(18)10-4-6-12-14-15-13-6/h1-3,7H,4H2,(H,16,17)(H2,10,11,18)(H,12,13,14,15). The van der Waals surface area contributed by atoms with Gasteiger partial charge in [0.25, 0.3) is 0 Å². The van der Waals surface area contributed by atoms with Crippen LogP contribution in [0, 0.1) is 0 Å². The summed E-state index contributed by atoms with van der Waals surface area (Å²) in [5.74, 6) is -0.824. The van der Waals surface area contributed by atoms with Gasteiger partial charge in [0.15, 0.2) is 11.9 Å². The summed E-state index contributed by atoms with van der Waals surface area (Å²) in [5.41, 5.74) is 0. The first kappa shape index (κ1) is 13.0. The molecule has 0 bridgehead atoms. The number of tetrazole rings is 1. The van der Waals surface area contributed by atoms with E-state index < -0.39 is 18.0 Å². The number of carbonyl (C=O) groups is 2. The van der Waals surface area contributed by atoms with Crippen LogP contribution in [0.5, 0.6) is 0 Å². The Hall–Kier alpha value is -2.49. The first-order valence-electron chi connectivity index (χ1n) is 5.19. The van der Waals surface area contributed by atoms with E-state index in [4.69, 9.17) is 5.11 Å². The number of nitrogens with one attached hydrogen (secondary N) is 3. The fourth-order valence-corrected chi connectivity index (χ4v) is 2.08. The zero-order chi connectivity index (χ0) is 13.7. The molecule has 2 heterocycles. The molecule has 0 fully saturated rings. The summed E-state index contributed by atoms with van der Waals surface area (Å²) >= 11 is 1.25. The minimum atomic E-state index is -1.13. The van der Waals surface area contributed by atoms with Crippen LogP contribution in [-0.4, -0.2) is 37.7 Å². The molecule has 0 radical (unpaired) electrons. The first-order chi connectivity index (χ1) is 9.16. The van der Waals surface area contributed by atoms with Crippen molar-refractivity contribution in [1.82, 2.24) is 31.3 Å². The molecule has 0 spiro atoms. The van der Waals surface area contributed by atoms with Gasteiger partial charge in [-0.2, -0.15) is 5.21 Å². The van der Waals surface area contributed by atoms with E-state index in [1.54, 1.807) is 17.5 Å². The number of rotatable bonds is 5. The number of aromatic amines is 1. The molecule has 0 aliphatic heterocycles. The molecule has 0 aromatic carbocycles. The van der Waals surface area contributed by atoms with E-state index >= 15 is 0 Å². The molecule has 2 aromatic heterocycles. The highest BCUT2D eigenvalue weighted by Crippen LogP contribution is 2.18. The monoisotopic (exact) mass is 282 g/mol. The van der Waals surface area contributed by atoms with E-state index in [9.17, 15) is 9.59 Å². The quantitative estimate of drug-likeness (QED) is 0.604. The third-order valence-electron chi connectivity index (χ3n) is 2.15. The summed E-state index contributed by atoms with van der Waals surface area (Å²) in [4.78, 5) is 23.2. The molecule has 9 nitrogen and oxygen atoms in total. The third-order valence-corrected chi connectivity index (χ3v) is 3.08. The minimum Gasteiger partial charge on any atom is -0.479 e. The van der Waals surface area contributed by atoms with Crippen molar-refractivity contribution < 1.29 is 14.7 Å². The van der Waals surface area contributed by atoms with Gasteiger partial charge in [-0.3, -0.25) is 0 Å². The number of aliphatic carboxylic acids is 1. The lowest BCUT2D eigenvalue weighted by molar-refractivity contribution is -0.139. The van der Waals surface area contributed by atoms with Gasteiger partial charge < -0.3 is 15.7 Å². The van der Waals surface area contributed by atoms with Gasteiger partial charge in [0.1, 0.15) is 0 Å². The van der Waals surface area contributed by atoms with Crippen molar-refractivity contribution in [2.45, 2.75) is 12.6 Å². The van der Waals surface area contributed by atoms with Gasteiger partial charge in [-0.25, -0.2) is 9.59 Å². The Balaban J connectivity index is 1.90. The van der Waals surface area contributed by atoms with Crippen LogP contribution in [0.3, 0.4) is 0 Å². The van der Waals surface area contributed by atoms with E-state index in [1.807, 2.05) is 0 Å². The predicted molar refractivity (Wildman–Crippen MR) is 64.2 cm³/mol. The first-order valence-corrected chi connectivity index (χ1v) is 6.07. The number of thiophene rings is 1. The molecule has 4 N–H and O–H groups in total. The van der Waals surface area contributed by atoms with E-state index in [0.29, 0.717) is 10.7 Å². The summed E-state index contributed by atoms with van der Waals surface area (Å²) in [6.07, 6.45) is 0. The molecule has 2 aromatic rings. The molecule has 19 heavy (non-hydrogen) atoms. The van der Waals surface area contributed by atoms with Crippen LogP contribution < -0.4 is 10.6 Å². The molecule has 0 aliphatic carbocycles. The van der Waals surface area contributed by atoms with Gasteiger partial charge in [-0.15, -0.1) is 21.5 Å². The van der Waals surface area contributed by atoms with Crippen molar-refractivity contribution >= 4 is 23.3 Å². The van der Waals surface area contributed by atoms with Crippen LogP contribution in [0.25, 0.3) is 0 Å². The van der Waals surface area contributed by atoms with Crippen LogP contribution in [-0.2, 0) is 11.3 Å². The second kappa shape index (κ2) is 5.91. The number of aromatic nitrogens is 4. The number of nitrogens with zero attached hydrogens (tertiary/aromatic N) is 3. The summed E-state index contributed by atoms with van der Waals surface area (Å²) in [6.45, 7) is 0.0547. The molecule has 1 unspecified atom stereocenters. The van der Waals surface area contributed by atoms with Crippen LogP contribution >= 0.6 is 11.3 Å². The summed E-state index contributed by atoms with van der Waals surface area (Å²) < 4.78 is 0. The SMILES string of the molecule is O=C(NCc1nn[nH]n1)NC(C(=O)O)c1cccs1. The fourth-order valence-electron chi connectivity index (χ4n) is 1.31. The molecule has 2 amide bonds. The minimum absolute atomic E-state index is 0.0547. The van der Waals surface area contributed by atoms with Crippen LogP contribution in [0.2, 0.25) is 0 Å². The molecular formula is C9H10N6O3S. The maximum atomic E-state index is 11.6. The zero-order valence-electron chi connectivity index (χ0n) is 9.53. The van der Waals surface area contributed by atoms with Crippen molar-refractivity contribution in [3.63, 3.8) is 0 Å². The Morgan fingerprint density at radius 1 is 1.53 bits per heavy atom. The van der Waals surface area contributed by atoms with Gasteiger partial charge in [0, 0.05) is 4.88 Å². The lowest BCUT2D eigenvalue weighted by Gasteiger charge is -2.13. The van der Waals surface area contributed by atoms with E-state index in [0.717, 1.165) is 0 Å². The highest BCUT2D eigenvalue weighted by atomic mass is 32.1. The second-order valence-corrected chi connectivity index (χ2v) is 4.42. The van der Waals surface area contributed by atoms with Crippen molar-refractivity contribution in [1.29, 1.82) is 0 Å². The lowest BCUT2D eigenvalue weighted by Crippen LogP contribution is -2.40. The number of urea groups is 1. The Bertz CT molecular complexity index is 540. The molecule has 10 heteroatoms. The molecule has 0 aliphatic rings. The van der Waals surface area contributed by atoms with Gasteiger partial charge in [-0.1, -0.05) is 11.3 Å². The maximum absolute atomic E-state index is 11.6. The van der Waals surface area contributed by atoms with E-state index in [1.165, 1.54) is 11.3 Å². The maximum Gasteiger partial charge on any atom is 0.331 e. The Kier molecular flexibility index (Phi) is 4.03. The average molecular weight is 282 g/mol. The zero-order valence-corrected chi connectivity index (χ0v) is 10.3. The molecule has 0 saturated carbocycles. The van der Waals surface area contributed by atoms with Crippen molar-refractivity contribution in [3.05, 3.63) is 28.2 Å². The van der Waals surface area contributed by atoms with E-state index in [-0.39, 0.29) is 6.54 Å². The molecule has 1 atom stereocenters. The second-order valence-electron chi connectivity index (χ2n) is 3.44.